The monoisotopic (exact) mass is 585 g/mol. The lowest BCUT2D eigenvalue weighted by atomic mass is 10.0. The van der Waals surface area contributed by atoms with Gasteiger partial charge in [0.15, 0.2) is 0 Å². The van der Waals surface area contributed by atoms with Gasteiger partial charge in [0.2, 0.25) is 21.8 Å². The van der Waals surface area contributed by atoms with Crippen LogP contribution in [0, 0.1) is 0 Å². The highest BCUT2D eigenvalue weighted by Crippen LogP contribution is 2.23. The second-order valence-electron chi connectivity index (χ2n) is 9.64. The molecule has 0 aliphatic heterocycles. The van der Waals surface area contributed by atoms with Gasteiger partial charge < -0.3 is 15.0 Å². The van der Waals surface area contributed by atoms with E-state index in [1.165, 1.54) is 4.90 Å². The summed E-state index contributed by atoms with van der Waals surface area (Å²) in [5.41, 5.74) is 1.90. The molecule has 0 spiro atoms. The lowest BCUT2D eigenvalue weighted by Crippen LogP contribution is -2.54. The lowest BCUT2D eigenvalue weighted by molar-refractivity contribution is -0.140. The van der Waals surface area contributed by atoms with Crippen LogP contribution in [0.1, 0.15) is 31.4 Å². The number of nitrogens with one attached hydrogen (secondary N) is 1. The molecular formula is C30H36ClN3O5S. The third-order valence-electron chi connectivity index (χ3n) is 6.55. The van der Waals surface area contributed by atoms with Gasteiger partial charge in [-0.05, 0) is 60.9 Å². The van der Waals surface area contributed by atoms with Crippen molar-refractivity contribution in [2.24, 2.45) is 0 Å². The largest absolute Gasteiger partial charge is 0.497 e. The maximum Gasteiger partial charge on any atom is 0.244 e. The van der Waals surface area contributed by atoms with Gasteiger partial charge in [0.05, 0.1) is 19.1 Å². The third-order valence-corrected chi connectivity index (χ3v) is 7.95. The molecule has 1 N–H and O–H groups in total. The highest BCUT2D eigenvalue weighted by Gasteiger charge is 2.33. The van der Waals surface area contributed by atoms with Crippen molar-refractivity contribution in [1.29, 1.82) is 0 Å². The minimum absolute atomic E-state index is 0.0691. The molecule has 2 amide bonds. The minimum Gasteiger partial charge on any atom is -0.497 e. The van der Waals surface area contributed by atoms with Gasteiger partial charge in [0, 0.05) is 24.0 Å². The van der Waals surface area contributed by atoms with Crippen molar-refractivity contribution < 1.29 is 22.7 Å². The van der Waals surface area contributed by atoms with Crippen LogP contribution in [0.4, 0.5) is 5.69 Å². The fourth-order valence-corrected chi connectivity index (χ4v) is 5.16. The molecule has 0 unspecified atom stereocenters. The van der Waals surface area contributed by atoms with Gasteiger partial charge in [0.1, 0.15) is 18.3 Å². The summed E-state index contributed by atoms with van der Waals surface area (Å²) >= 11 is 6.01. The van der Waals surface area contributed by atoms with Crippen LogP contribution in [0.15, 0.2) is 78.9 Å². The van der Waals surface area contributed by atoms with Gasteiger partial charge in [-0.3, -0.25) is 13.9 Å². The molecule has 0 aliphatic rings. The third kappa shape index (κ3) is 8.72. The molecule has 3 aromatic rings. The number of nitrogens with zero attached hydrogens (tertiary/aromatic N) is 2. The molecule has 0 bridgehead atoms. The minimum atomic E-state index is -3.85. The zero-order valence-electron chi connectivity index (χ0n) is 23.2. The van der Waals surface area contributed by atoms with E-state index in [4.69, 9.17) is 16.3 Å². The summed E-state index contributed by atoms with van der Waals surface area (Å²) in [6, 6.07) is 21.8. The van der Waals surface area contributed by atoms with E-state index < -0.39 is 28.5 Å². The van der Waals surface area contributed by atoms with Gasteiger partial charge in [-0.15, -0.1) is 0 Å². The number of halogens is 1. The average molecular weight is 586 g/mol. The fourth-order valence-electron chi connectivity index (χ4n) is 4.18. The van der Waals surface area contributed by atoms with Crippen molar-refractivity contribution in [2.45, 2.75) is 45.3 Å². The number of anilines is 1. The maximum absolute atomic E-state index is 14.1. The summed E-state index contributed by atoms with van der Waals surface area (Å²) in [5.74, 6) is -0.234. The van der Waals surface area contributed by atoms with E-state index in [2.05, 4.69) is 5.32 Å². The lowest BCUT2D eigenvalue weighted by Gasteiger charge is -2.34. The van der Waals surface area contributed by atoms with E-state index in [-0.39, 0.29) is 24.9 Å². The molecule has 0 aliphatic carbocycles. The van der Waals surface area contributed by atoms with E-state index in [1.807, 2.05) is 50.2 Å². The van der Waals surface area contributed by atoms with E-state index in [0.29, 0.717) is 22.9 Å². The maximum atomic E-state index is 14.1. The molecule has 0 aromatic heterocycles. The smallest absolute Gasteiger partial charge is 0.244 e. The number of methoxy groups -OCH3 is 1. The molecule has 3 rings (SSSR count). The van der Waals surface area contributed by atoms with Crippen LogP contribution in [-0.4, -0.2) is 57.1 Å². The van der Waals surface area contributed by atoms with Crippen LogP contribution >= 0.6 is 11.6 Å². The Hall–Kier alpha value is -3.56. The standard InChI is InChI=1S/C30H36ClN3O5S/c1-5-22(2)32-30(36)28(19-23-10-7-6-8-11-23)33(20-24-12-9-13-27(18-24)39-3)29(35)21-34(40(4,37)38)26-16-14-25(31)15-17-26/h6-18,22,28H,5,19-21H2,1-4H3,(H,32,36)/t22-,28+/m0/s1. The van der Waals surface area contributed by atoms with Crippen LogP contribution in [0.3, 0.4) is 0 Å². The first-order valence-electron chi connectivity index (χ1n) is 13.0. The van der Waals surface area contributed by atoms with Crippen molar-refractivity contribution in [1.82, 2.24) is 10.2 Å². The number of hydrogen-bond acceptors (Lipinski definition) is 5. The number of ether oxygens (including phenoxy) is 1. The van der Waals surface area contributed by atoms with Crippen molar-refractivity contribution in [3.8, 4) is 5.75 Å². The van der Waals surface area contributed by atoms with Crippen LogP contribution in [0.25, 0.3) is 0 Å². The molecule has 0 heterocycles. The van der Waals surface area contributed by atoms with Crippen LogP contribution in [0.5, 0.6) is 5.75 Å². The Morgan fingerprint density at radius 2 is 1.62 bits per heavy atom. The van der Waals surface area contributed by atoms with Gasteiger partial charge in [-0.25, -0.2) is 8.42 Å². The van der Waals surface area contributed by atoms with Gasteiger partial charge >= 0.3 is 0 Å². The fraction of sp³-hybridized carbons (Fsp3) is 0.333. The molecule has 2 atom stereocenters. The summed E-state index contributed by atoms with van der Waals surface area (Å²) in [6.07, 6.45) is 2.00. The molecular weight excluding hydrogens is 550 g/mol. The first kappa shape index (κ1) is 31.0. The van der Waals surface area contributed by atoms with Crippen LogP contribution in [0.2, 0.25) is 5.02 Å². The van der Waals surface area contributed by atoms with E-state index in [9.17, 15) is 18.0 Å². The first-order valence-corrected chi connectivity index (χ1v) is 15.2. The molecule has 0 radical (unpaired) electrons. The topological polar surface area (TPSA) is 96.0 Å². The van der Waals surface area contributed by atoms with Crippen molar-refractivity contribution in [3.63, 3.8) is 0 Å². The Labute approximate surface area is 241 Å². The molecule has 214 valence electrons. The van der Waals surface area contributed by atoms with Gasteiger partial charge in [-0.2, -0.15) is 0 Å². The predicted molar refractivity (Wildman–Crippen MR) is 159 cm³/mol. The Balaban J connectivity index is 2.06. The Morgan fingerprint density at radius 3 is 2.23 bits per heavy atom. The normalized spacial score (nSPS) is 12.7. The molecule has 0 fully saturated rings. The number of sulfonamides is 1. The average Bonchev–Trinajstić information content (AvgIpc) is 2.94. The van der Waals surface area contributed by atoms with Crippen LogP contribution in [-0.2, 0) is 32.6 Å². The summed E-state index contributed by atoms with van der Waals surface area (Å²) in [6.45, 7) is 3.44. The Kier molecular flexibility index (Phi) is 11.0. The van der Waals surface area contributed by atoms with Crippen molar-refractivity contribution in [2.75, 3.05) is 24.2 Å². The number of carbonyl (C=O) groups excluding carboxylic acids is 2. The molecule has 0 saturated heterocycles. The molecule has 8 nitrogen and oxygen atoms in total. The number of benzene rings is 3. The highest BCUT2D eigenvalue weighted by molar-refractivity contribution is 7.92. The molecule has 10 heteroatoms. The molecule has 3 aromatic carbocycles. The second kappa shape index (κ2) is 14.2. The second-order valence-corrected chi connectivity index (χ2v) is 12.0. The predicted octanol–water partition coefficient (Wildman–Crippen LogP) is 4.67. The quantitative estimate of drug-likeness (QED) is 0.314. The van der Waals surface area contributed by atoms with E-state index in [1.54, 1.807) is 49.6 Å². The zero-order chi connectivity index (χ0) is 29.3. The van der Waals surface area contributed by atoms with E-state index >= 15 is 0 Å². The number of carbonyl (C=O) groups is 2. The number of amides is 2. The summed E-state index contributed by atoms with van der Waals surface area (Å²) in [7, 11) is -2.30. The Morgan fingerprint density at radius 1 is 0.975 bits per heavy atom. The van der Waals surface area contributed by atoms with E-state index in [0.717, 1.165) is 21.7 Å². The van der Waals surface area contributed by atoms with Crippen molar-refractivity contribution in [3.05, 3.63) is 95.0 Å². The summed E-state index contributed by atoms with van der Waals surface area (Å²) in [4.78, 5) is 29.2. The SMILES string of the molecule is CC[C@H](C)NC(=O)[C@@H](Cc1ccccc1)N(Cc1cccc(OC)c1)C(=O)CN(c1ccc(Cl)cc1)S(C)(=O)=O. The van der Waals surface area contributed by atoms with Crippen LogP contribution < -0.4 is 14.4 Å². The van der Waals surface area contributed by atoms with Crippen molar-refractivity contribution >= 4 is 39.1 Å². The summed E-state index contributed by atoms with van der Waals surface area (Å²) < 4.78 is 32.0. The molecule has 40 heavy (non-hydrogen) atoms. The van der Waals surface area contributed by atoms with Gasteiger partial charge in [0.25, 0.3) is 0 Å². The number of rotatable bonds is 13. The van der Waals surface area contributed by atoms with Gasteiger partial charge in [-0.1, -0.05) is 61.0 Å². The first-order chi connectivity index (χ1) is 19.0. The Bertz CT molecular complexity index is 1380. The summed E-state index contributed by atoms with van der Waals surface area (Å²) in [5, 5.41) is 3.45. The molecule has 0 saturated carbocycles. The highest BCUT2D eigenvalue weighted by atomic mass is 35.5. The zero-order valence-corrected chi connectivity index (χ0v) is 24.8. The number of hydrogen-bond donors (Lipinski definition) is 1.